The van der Waals surface area contributed by atoms with Crippen LogP contribution < -0.4 is 9.62 Å². The molecule has 10 heteroatoms. The second-order valence-corrected chi connectivity index (χ2v) is 7.86. The Kier molecular flexibility index (Phi) is 5.24. The van der Waals surface area contributed by atoms with Gasteiger partial charge in [-0.3, -0.25) is 9.62 Å². The molecule has 0 aromatic carbocycles. The third-order valence-corrected chi connectivity index (χ3v) is 3.79. The van der Waals surface area contributed by atoms with Gasteiger partial charge in [0.05, 0.1) is 11.9 Å². The molecule has 124 valence electrons. The summed E-state index contributed by atoms with van der Waals surface area (Å²) >= 11 is 5.63. The van der Waals surface area contributed by atoms with Gasteiger partial charge in [0.15, 0.2) is 11.0 Å². The number of amides is 1. The second-order valence-electron chi connectivity index (χ2n) is 5.49. The number of halogens is 2. The summed E-state index contributed by atoms with van der Waals surface area (Å²) in [6.45, 7) is 4.93. The molecule has 1 aromatic heterocycles. The van der Waals surface area contributed by atoms with Crippen LogP contribution in [0, 0.1) is 5.82 Å². The monoisotopic (exact) mass is 353 g/mol. The highest BCUT2D eigenvalue weighted by molar-refractivity contribution is 7.92. The molecule has 0 saturated heterocycles. The quantitative estimate of drug-likeness (QED) is 0.844. The van der Waals surface area contributed by atoms with E-state index in [0.29, 0.717) is 0 Å². The van der Waals surface area contributed by atoms with Gasteiger partial charge in [-0.25, -0.2) is 22.6 Å². The van der Waals surface area contributed by atoms with E-state index in [1.807, 2.05) is 0 Å². The summed E-state index contributed by atoms with van der Waals surface area (Å²) in [4.78, 5) is 15.3. The highest BCUT2D eigenvalue weighted by Crippen LogP contribution is 2.27. The Morgan fingerprint density at radius 1 is 1.45 bits per heavy atom. The number of anilines is 2. The number of carbonyl (C=O) groups excluding carboxylic acids is 1. The molecule has 0 saturated carbocycles. The number of nitrogens with one attached hydrogen (secondary N) is 1. The third-order valence-electron chi connectivity index (χ3n) is 2.36. The maximum atomic E-state index is 13.9. The number of nitrogens with zero attached hydrogens (tertiary/aromatic N) is 2. The van der Waals surface area contributed by atoms with Gasteiger partial charge in [-0.2, -0.15) is 0 Å². The summed E-state index contributed by atoms with van der Waals surface area (Å²) in [5.41, 5.74) is -1.11. The lowest BCUT2D eigenvalue weighted by Gasteiger charge is -2.21. The van der Waals surface area contributed by atoms with E-state index in [0.717, 1.165) is 16.6 Å². The van der Waals surface area contributed by atoms with E-state index in [-0.39, 0.29) is 11.5 Å². The highest BCUT2D eigenvalue weighted by Gasteiger charge is 2.22. The fourth-order valence-corrected chi connectivity index (χ4v) is 1.94. The van der Waals surface area contributed by atoms with Crippen molar-refractivity contribution in [3.05, 3.63) is 17.0 Å². The molecule has 1 aromatic rings. The molecule has 1 heterocycles. The first-order valence-corrected chi connectivity index (χ1v) is 8.34. The molecule has 7 nitrogen and oxygen atoms in total. The minimum absolute atomic E-state index is 0.139. The molecule has 1 rings (SSSR count). The minimum atomic E-state index is -3.61. The Balaban J connectivity index is 3.16. The molecule has 0 aliphatic heterocycles. The fraction of sp³-hybridized carbons (Fsp3) is 0.500. The molecule has 1 N–H and O–H groups in total. The van der Waals surface area contributed by atoms with E-state index in [2.05, 4.69) is 10.3 Å². The summed E-state index contributed by atoms with van der Waals surface area (Å²) < 4.78 is 42.7. The Labute approximate surface area is 133 Å². The summed E-state index contributed by atoms with van der Waals surface area (Å²) in [5.74, 6) is -1.13. The number of aromatic nitrogens is 1. The molecule has 0 spiro atoms. The van der Waals surface area contributed by atoms with Crippen LogP contribution in [0.3, 0.4) is 0 Å². The van der Waals surface area contributed by atoms with Crippen molar-refractivity contribution in [3.63, 3.8) is 0 Å². The van der Waals surface area contributed by atoms with E-state index in [1.54, 1.807) is 20.8 Å². The number of ether oxygens (including phenoxy) is 1. The van der Waals surface area contributed by atoms with E-state index >= 15 is 0 Å². The average Bonchev–Trinajstić information content (AvgIpc) is 2.30. The molecule has 1 amide bonds. The smallest absolute Gasteiger partial charge is 0.412 e. The maximum Gasteiger partial charge on any atom is 0.412 e. The van der Waals surface area contributed by atoms with Gasteiger partial charge in [0.1, 0.15) is 11.4 Å². The van der Waals surface area contributed by atoms with Gasteiger partial charge >= 0.3 is 6.09 Å². The molecule has 0 unspecified atom stereocenters. The zero-order valence-corrected chi connectivity index (χ0v) is 14.3. The molecule has 0 aliphatic carbocycles. The highest BCUT2D eigenvalue weighted by atomic mass is 35.5. The van der Waals surface area contributed by atoms with Crippen molar-refractivity contribution in [1.82, 2.24) is 4.98 Å². The lowest BCUT2D eigenvalue weighted by atomic mass is 10.2. The average molecular weight is 354 g/mol. The van der Waals surface area contributed by atoms with Crippen LogP contribution in [0.4, 0.5) is 20.7 Å². The summed E-state index contributed by atoms with van der Waals surface area (Å²) in [5, 5.41) is 1.60. The van der Waals surface area contributed by atoms with Crippen molar-refractivity contribution in [2.75, 3.05) is 22.9 Å². The van der Waals surface area contributed by atoms with Crippen LogP contribution in [-0.2, 0) is 14.8 Å². The molecule has 0 bridgehead atoms. The molecule has 22 heavy (non-hydrogen) atoms. The Morgan fingerprint density at radius 2 is 2.00 bits per heavy atom. The van der Waals surface area contributed by atoms with Crippen molar-refractivity contribution >= 4 is 39.2 Å². The van der Waals surface area contributed by atoms with Crippen molar-refractivity contribution in [2.24, 2.45) is 0 Å². The van der Waals surface area contributed by atoms with Crippen LogP contribution in [0.1, 0.15) is 20.8 Å². The third kappa shape index (κ3) is 4.99. The number of hydrogen-bond donors (Lipinski definition) is 1. The lowest BCUT2D eigenvalue weighted by molar-refractivity contribution is 0.0635. The van der Waals surface area contributed by atoms with Crippen LogP contribution in [0.25, 0.3) is 0 Å². The van der Waals surface area contributed by atoms with Crippen LogP contribution in [0.15, 0.2) is 6.07 Å². The van der Waals surface area contributed by atoms with Gasteiger partial charge in [0.25, 0.3) is 0 Å². The van der Waals surface area contributed by atoms with Crippen molar-refractivity contribution < 1.29 is 22.3 Å². The zero-order valence-electron chi connectivity index (χ0n) is 12.8. The first-order chi connectivity index (χ1) is 9.81. The van der Waals surface area contributed by atoms with Gasteiger partial charge < -0.3 is 4.74 Å². The predicted octanol–water partition coefficient (Wildman–Crippen LogP) is 2.62. The number of sulfonamides is 1. The Hall–Kier alpha value is -1.61. The van der Waals surface area contributed by atoms with E-state index in [9.17, 15) is 17.6 Å². The van der Waals surface area contributed by atoms with Crippen LogP contribution in [0.2, 0.25) is 5.15 Å². The maximum absolute atomic E-state index is 13.9. The summed E-state index contributed by atoms with van der Waals surface area (Å²) in [6, 6.07) is 1.05. The molecular formula is C12H17ClFN3O4S. The molecule has 0 atom stereocenters. The first-order valence-electron chi connectivity index (χ1n) is 6.11. The molecule has 0 fully saturated rings. The van der Waals surface area contributed by atoms with Crippen molar-refractivity contribution in [3.8, 4) is 0 Å². The molecule has 0 aliphatic rings. The number of rotatable bonds is 3. The van der Waals surface area contributed by atoms with Crippen LogP contribution in [0.5, 0.6) is 0 Å². The lowest BCUT2D eigenvalue weighted by Crippen LogP contribution is -2.28. The van der Waals surface area contributed by atoms with Crippen molar-refractivity contribution in [1.29, 1.82) is 0 Å². The van der Waals surface area contributed by atoms with Gasteiger partial charge in [0, 0.05) is 13.1 Å². The predicted molar refractivity (Wildman–Crippen MR) is 82.3 cm³/mol. The number of pyridine rings is 1. The topological polar surface area (TPSA) is 88.6 Å². The minimum Gasteiger partial charge on any atom is -0.444 e. The van der Waals surface area contributed by atoms with Gasteiger partial charge in [-0.05, 0) is 20.8 Å². The normalized spacial score (nSPS) is 12.0. The molecular weight excluding hydrogens is 337 g/mol. The Bertz CT molecular complexity index is 688. The van der Waals surface area contributed by atoms with Crippen LogP contribution >= 0.6 is 11.6 Å². The van der Waals surface area contributed by atoms with E-state index < -0.39 is 32.7 Å². The second kappa shape index (κ2) is 6.25. The SMILES string of the molecule is CN(c1cc(NC(=O)OC(C)(C)C)c(F)c(Cl)n1)S(C)(=O)=O. The van der Waals surface area contributed by atoms with E-state index in [4.69, 9.17) is 16.3 Å². The largest absolute Gasteiger partial charge is 0.444 e. The van der Waals surface area contributed by atoms with Gasteiger partial charge in [0.2, 0.25) is 10.0 Å². The molecule has 0 radical (unpaired) electrons. The summed E-state index contributed by atoms with van der Waals surface area (Å²) in [6.07, 6.45) is 0.0500. The zero-order chi connectivity index (χ0) is 17.3. The van der Waals surface area contributed by atoms with Gasteiger partial charge in [-0.1, -0.05) is 11.6 Å². The number of carbonyl (C=O) groups is 1. The Morgan fingerprint density at radius 3 is 2.45 bits per heavy atom. The van der Waals surface area contributed by atoms with Gasteiger partial charge in [-0.15, -0.1) is 0 Å². The van der Waals surface area contributed by atoms with E-state index in [1.165, 1.54) is 7.05 Å². The van der Waals surface area contributed by atoms with Crippen molar-refractivity contribution in [2.45, 2.75) is 26.4 Å². The standard InChI is InChI=1S/C12H17ClFN3O4S/c1-12(2,3)21-11(18)15-7-6-8(16-10(13)9(7)14)17(4)22(5,19)20/h6H,1-5H3,(H,15,16,18). The van der Waals surface area contributed by atoms with Crippen LogP contribution in [-0.4, -0.2) is 38.4 Å². The summed E-state index contributed by atoms with van der Waals surface area (Å²) in [7, 11) is -2.39. The number of hydrogen-bond acceptors (Lipinski definition) is 5. The first kappa shape index (κ1) is 18.4. The fourth-order valence-electron chi connectivity index (χ4n) is 1.32.